The van der Waals surface area contributed by atoms with E-state index in [-0.39, 0.29) is 64.7 Å². The molecule has 4 atom stereocenters. The summed E-state index contributed by atoms with van der Waals surface area (Å²) in [6, 6.07) is 8.56. The van der Waals surface area contributed by atoms with Crippen LogP contribution >= 0.6 is 0 Å². The molecule has 4 heterocycles. The summed E-state index contributed by atoms with van der Waals surface area (Å²) in [6.45, 7) is 8.52. The Morgan fingerprint density at radius 2 is 1.86 bits per heavy atom. The van der Waals surface area contributed by atoms with Crippen LogP contribution in [0.15, 0.2) is 41.2 Å². The van der Waals surface area contributed by atoms with Gasteiger partial charge < -0.3 is 40.5 Å². The van der Waals surface area contributed by atoms with E-state index >= 15 is 4.39 Å². The number of aryl methyl sites for hydroxylation is 1. The predicted molar refractivity (Wildman–Crippen MR) is 205 cm³/mol. The largest absolute Gasteiger partial charge is 0.458 e. The minimum atomic E-state index is -2.00. The molecule has 7 rings (SSSR count). The number of nitrogens with zero attached hydrogens (tertiary/aromatic N) is 2. The topological polar surface area (TPSA) is 204 Å². The number of fused-ring (bicyclic) bond motifs is 5. The number of pyridine rings is 2. The molecule has 4 aromatic rings. The highest BCUT2D eigenvalue weighted by molar-refractivity contribution is 6.45. The number of hydrogen-bond donors (Lipinski definition) is 5. The summed E-state index contributed by atoms with van der Waals surface area (Å²) < 4.78 is 27.6. The average molecular weight is 783 g/mol. The second-order valence-corrected chi connectivity index (χ2v) is 16.3. The number of carbonyl (C=O) groups is 4. The van der Waals surface area contributed by atoms with Gasteiger partial charge in [-0.05, 0) is 72.6 Å². The number of esters is 1. The van der Waals surface area contributed by atoms with Gasteiger partial charge in [-0.1, -0.05) is 39.8 Å². The number of carbonyl (C=O) groups excluding carboxylic acids is 4. The molecule has 3 amide bonds. The molecule has 6 N–H and O–H groups in total. The first kappa shape index (κ1) is 38.8. The summed E-state index contributed by atoms with van der Waals surface area (Å²) in [5.41, 5.74) is 8.33. The molecule has 0 unspecified atom stereocenters. The molecule has 0 saturated carbocycles. The molecule has 2 aromatic carbocycles. The zero-order valence-corrected chi connectivity index (χ0v) is 32.7. The van der Waals surface area contributed by atoms with Crippen LogP contribution in [-0.2, 0) is 55.6 Å². The number of rotatable bonds is 10. The summed E-state index contributed by atoms with van der Waals surface area (Å²) >= 11 is 0. The highest BCUT2D eigenvalue weighted by atomic mass is 28.2. The van der Waals surface area contributed by atoms with E-state index in [0.29, 0.717) is 63.1 Å². The minimum Gasteiger partial charge on any atom is -0.458 e. The highest BCUT2D eigenvalue weighted by Crippen LogP contribution is 2.46. The molecule has 0 saturated heterocycles. The standard InChI is InChI=1S/C40H43FN6O8Si/c1-6-40(53)26-13-30-34-24(15-47(30)37(50)25(26)17-54-38(40)51)32-28(12-11-23-19(4)27(41)14-29(44-34)31(23)32)45-39(52)55-16-21-7-9-22(10-8-21)43-35(48)20(5)56-46-36(49)33(42)18(2)3/h7-10,13-14,18,20,28,33,53H,6,11-12,15-17,42H2,1-5H3,(H,43,48)(H,45,52)(H,46,49)/t20-,28-,33-,40-/m0/s1. The Hall–Kier alpha value is -5.45. The molecule has 2 aromatic heterocycles. The van der Waals surface area contributed by atoms with Crippen molar-refractivity contribution >= 4 is 50.1 Å². The smallest absolute Gasteiger partial charge is 0.407 e. The predicted octanol–water partition coefficient (Wildman–Crippen LogP) is 3.91. The first-order valence-corrected chi connectivity index (χ1v) is 19.7. The number of benzene rings is 2. The summed E-state index contributed by atoms with van der Waals surface area (Å²) in [4.78, 5) is 72.4. The molecule has 0 bridgehead atoms. The zero-order valence-electron chi connectivity index (χ0n) is 31.7. The third-order valence-corrected chi connectivity index (χ3v) is 12.2. The number of cyclic esters (lactones) is 1. The third-order valence-electron chi connectivity index (χ3n) is 11.1. The van der Waals surface area contributed by atoms with Crippen molar-refractivity contribution in [2.75, 3.05) is 5.32 Å². The van der Waals surface area contributed by atoms with Crippen LogP contribution in [0, 0.1) is 18.7 Å². The molecule has 292 valence electrons. The van der Waals surface area contributed by atoms with Crippen LogP contribution in [0.1, 0.15) is 85.5 Å². The number of hydrogen-bond acceptors (Lipinski definition) is 10. The molecule has 0 fully saturated rings. The van der Waals surface area contributed by atoms with E-state index in [1.54, 1.807) is 51.1 Å². The maximum Gasteiger partial charge on any atom is 0.407 e. The minimum absolute atomic E-state index is 0.00973. The maximum atomic E-state index is 15.3. The molecule has 2 aliphatic heterocycles. The van der Waals surface area contributed by atoms with E-state index < -0.39 is 46.7 Å². The Balaban J connectivity index is 1.08. The van der Waals surface area contributed by atoms with Crippen molar-refractivity contribution in [3.8, 4) is 11.4 Å². The van der Waals surface area contributed by atoms with Gasteiger partial charge in [-0.25, -0.2) is 19.0 Å². The van der Waals surface area contributed by atoms with Crippen molar-refractivity contribution < 1.29 is 38.1 Å². The Bertz CT molecular complexity index is 2370. The molecular formula is C40H43FN6O8Si. The van der Waals surface area contributed by atoms with E-state index in [9.17, 15) is 29.1 Å². The molecule has 3 aliphatic rings. The number of alkyl carbamates (subject to hydrolysis) is 1. The first-order chi connectivity index (χ1) is 26.6. The number of anilines is 1. The van der Waals surface area contributed by atoms with Gasteiger partial charge in [0.1, 0.15) is 19.0 Å². The number of nitrogens with one attached hydrogen (secondary N) is 3. The summed E-state index contributed by atoms with van der Waals surface area (Å²) in [6.07, 6.45) is 0.199. The Labute approximate surface area is 324 Å². The monoisotopic (exact) mass is 782 g/mol. The molecule has 1 aliphatic carbocycles. The fraction of sp³-hybridized carbons (Fsp3) is 0.400. The average Bonchev–Trinajstić information content (AvgIpc) is 3.55. The van der Waals surface area contributed by atoms with Crippen molar-refractivity contribution in [2.24, 2.45) is 11.7 Å². The van der Waals surface area contributed by atoms with Gasteiger partial charge in [0.2, 0.25) is 11.8 Å². The number of halogens is 1. The molecule has 16 heteroatoms. The fourth-order valence-electron chi connectivity index (χ4n) is 7.60. The highest BCUT2D eigenvalue weighted by Gasteiger charge is 2.46. The lowest BCUT2D eigenvalue weighted by Gasteiger charge is -2.31. The van der Waals surface area contributed by atoms with Crippen LogP contribution in [0.4, 0.5) is 14.9 Å². The Kier molecular flexibility index (Phi) is 10.3. The second-order valence-electron chi connectivity index (χ2n) is 14.9. The molecule has 14 nitrogen and oxygen atoms in total. The van der Waals surface area contributed by atoms with E-state index in [1.807, 2.05) is 13.8 Å². The number of nitrogens with two attached hydrogens (primary N) is 1. The van der Waals surface area contributed by atoms with E-state index in [4.69, 9.17) is 20.2 Å². The van der Waals surface area contributed by atoms with Gasteiger partial charge in [-0.3, -0.25) is 14.4 Å². The van der Waals surface area contributed by atoms with Crippen molar-refractivity contribution in [3.05, 3.63) is 91.5 Å². The van der Waals surface area contributed by atoms with Crippen molar-refractivity contribution in [3.63, 3.8) is 0 Å². The molecule has 0 spiro atoms. The lowest BCUT2D eigenvalue weighted by molar-refractivity contribution is -0.172. The molecule has 2 radical (unpaired) electrons. The van der Waals surface area contributed by atoms with Gasteiger partial charge in [0, 0.05) is 33.8 Å². The van der Waals surface area contributed by atoms with Gasteiger partial charge in [-0.2, -0.15) is 0 Å². The SMILES string of the molecule is CC[C@@]1(O)C(=O)OCc2c1cc1n(c2=O)Cc2c-1nc1cc(F)c(C)c3c1c2[C@@H](NC(=O)OCc1ccc(NC(=O)[C@H](C)[Si]NC(=O)[C@@H](N)C(C)C)cc1)CC3. The number of aliphatic hydroxyl groups is 1. The second kappa shape index (κ2) is 14.9. The normalized spacial score (nSPS) is 19.0. The number of ether oxygens (including phenoxy) is 2. The zero-order chi connectivity index (χ0) is 40.2. The van der Waals surface area contributed by atoms with Gasteiger partial charge in [0.25, 0.3) is 5.56 Å². The summed E-state index contributed by atoms with van der Waals surface area (Å²) in [5.74, 6) is -1.85. The van der Waals surface area contributed by atoms with E-state index in [1.165, 1.54) is 10.6 Å². The van der Waals surface area contributed by atoms with Crippen LogP contribution < -0.4 is 26.9 Å². The van der Waals surface area contributed by atoms with Gasteiger partial charge in [0.05, 0.1) is 41.1 Å². The first-order valence-electron chi connectivity index (χ1n) is 18.6. The maximum absolute atomic E-state index is 15.3. The van der Waals surface area contributed by atoms with Crippen molar-refractivity contribution in [1.29, 1.82) is 0 Å². The third kappa shape index (κ3) is 6.75. The Morgan fingerprint density at radius 1 is 1.12 bits per heavy atom. The van der Waals surface area contributed by atoms with Gasteiger partial charge >= 0.3 is 12.1 Å². The Morgan fingerprint density at radius 3 is 2.55 bits per heavy atom. The van der Waals surface area contributed by atoms with Gasteiger partial charge in [0.15, 0.2) is 15.3 Å². The molecule has 56 heavy (non-hydrogen) atoms. The van der Waals surface area contributed by atoms with Crippen molar-refractivity contribution in [2.45, 2.75) is 96.9 Å². The van der Waals surface area contributed by atoms with Crippen LogP contribution in [0.2, 0.25) is 5.54 Å². The number of amides is 3. The quantitative estimate of drug-likeness (QED) is 0.102. The fourth-order valence-corrected chi connectivity index (χ4v) is 8.33. The molecular weight excluding hydrogens is 740 g/mol. The van der Waals surface area contributed by atoms with Crippen LogP contribution in [0.25, 0.3) is 22.3 Å². The van der Waals surface area contributed by atoms with Crippen LogP contribution in [-0.4, -0.2) is 54.3 Å². The lowest BCUT2D eigenvalue weighted by atomic mass is 9.81. The van der Waals surface area contributed by atoms with Crippen molar-refractivity contribution in [1.82, 2.24) is 19.9 Å². The van der Waals surface area contributed by atoms with E-state index in [0.717, 1.165) is 5.56 Å². The van der Waals surface area contributed by atoms with E-state index in [2.05, 4.69) is 15.6 Å². The summed E-state index contributed by atoms with van der Waals surface area (Å²) in [7, 11) is -0.144. The number of aromatic nitrogens is 2. The summed E-state index contributed by atoms with van der Waals surface area (Å²) in [5, 5.41) is 17.8. The lowest BCUT2D eigenvalue weighted by Crippen LogP contribution is -2.46. The van der Waals surface area contributed by atoms with Crippen LogP contribution in [0.5, 0.6) is 0 Å². The van der Waals surface area contributed by atoms with Gasteiger partial charge in [-0.15, -0.1) is 0 Å². The van der Waals surface area contributed by atoms with Crippen LogP contribution in [0.3, 0.4) is 0 Å².